The van der Waals surface area contributed by atoms with Crippen LogP contribution in [0, 0.1) is 0 Å². The van der Waals surface area contributed by atoms with Crippen molar-refractivity contribution < 1.29 is 9.53 Å². The van der Waals surface area contributed by atoms with E-state index in [1.165, 1.54) is 0 Å². The minimum Gasteiger partial charge on any atom is -0.481 e. The molecule has 1 atom stereocenters. The molecule has 0 aliphatic heterocycles. The number of ether oxygens (including phenoxy) is 1. The first-order chi connectivity index (χ1) is 11.3. The van der Waals surface area contributed by atoms with Gasteiger partial charge < -0.3 is 10.1 Å². The molecule has 1 N–H and O–H groups in total. The molecule has 1 heterocycles. The molecular formula is C19H24N2O2S. The number of nitrogens with one attached hydrogen (secondary N) is 1. The summed E-state index contributed by atoms with van der Waals surface area (Å²) < 4.78 is 5.73. The summed E-state index contributed by atoms with van der Waals surface area (Å²) in [5.41, 5.74) is 2.23. The highest BCUT2D eigenvalue weighted by atomic mass is 32.1. The van der Waals surface area contributed by atoms with Crippen LogP contribution in [0.25, 0.3) is 10.6 Å². The molecule has 1 amide bonds. The van der Waals surface area contributed by atoms with Crippen LogP contribution in [0.5, 0.6) is 5.75 Å². The van der Waals surface area contributed by atoms with E-state index in [1.807, 2.05) is 24.3 Å². The number of thiazole rings is 1. The predicted octanol–water partition coefficient (Wildman–Crippen LogP) is 4.15. The minimum atomic E-state index is -0.483. The number of amides is 1. The van der Waals surface area contributed by atoms with Gasteiger partial charge in [-0.15, -0.1) is 11.3 Å². The number of benzene rings is 1. The van der Waals surface area contributed by atoms with Crippen LogP contribution >= 0.6 is 11.3 Å². The second-order valence-electron chi connectivity index (χ2n) is 7.36. The van der Waals surface area contributed by atoms with Crippen LogP contribution in [-0.2, 0) is 10.2 Å². The minimum absolute atomic E-state index is 0.0451. The van der Waals surface area contributed by atoms with Crippen LogP contribution in [0.1, 0.15) is 46.2 Å². The van der Waals surface area contributed by atoms with Gasteiger partial charge in [-0.2, -0.15) is 0 Å². The molecule has 2 aromatic rings. The molecule has 1 fully saturated rings. The molecule has 1 saturated carbocycles. The summed E-state index contributed by atoms with van der Waals surface area (Å²) in [6.07, 6.45) is 1.68. The van der Waals surface area contributed by atoms with E-state index in [0.29, 0.717) is 11.8 Å². The highest BCUT2D eigenvalue weighted by molar-refractivity contribution is 7.13. The van der Waals surface area contributed by atoms with Gasteiger partial charge in [0.1, 0.15) is 10.8 Å². The van der Waals surface area contributed by atoms with Crippen LogP contribution in [0.15, 0.2) is 29.6 Å². The van der Waals surface area contributed by atoms with Crippen molar-refractivity contribution >= 4 is 17.2 Å². The molecule has 1 aromatic heterocycles. The van der Waals surface area contributed by atoms with Gasteiger partial charge in [0.25, 0.3) is 5.91 Å². The molecule has 1 aliphatic rings. The zero-order valence-electron chi connectivity index (χ0n) is 14.6. The summed E-state index contributed by atoms with van der Waals surface area (Å²) in [6.45, 7) is 8.27. The Kier molecular flexibility index (Phi) is 4.63. The van der Waals surface area contributed by atoms with E-state index in [9.17, 15) is 4.79 Å². The third-order valence-electron chi connectivity index (χ3n) is 3.98. The predicted molar refractivity (Wildman–Crippen MR) is 97.5 cm³/mol. The zero-order valence-corrected chi connectivity index (χ0v) is 15.4. The maximum atomic E-state index is 11.9. The van der Waals surface area contributed by atoms with Crippen LogP contribution in [-0.4, -0.2) is 23.0 Å². The summed E-state index contributed by atoms with van der Waals surface area (Å²) in [6, 6.07) is 8.13. The summed E-state index contributed by atoms with van der Waals surface area (Å²) in [7, 11) is 0. The summed E-state index contributed by atoms with van der Waals surface area (Å²) >= 11 is 1.65. The van der Waals surface area contributed by atoms with E-state index in [-0.39, 0.29) is 11.3 Å². The molecule has 3 rings (SSSR count). The number of carbonyl (C=O) groups is 1. The first kappa shape index (κ1) is 17.0. The van der Waals surface area contributed by atoms with Crippen LogP contribution in [0.2, 0.25) is 0 Å². The van der Waals surface area contributed by atoms with Crippen molar-refractivity contribution in [2.45, 2.75) is 58.1 Å². The highest BCUT2D eigenvalue weighted by Gasteiger charge is 2.26. The van der Waals surface area contributed by atoms with Gasteiger partial charge in [-0.1, -0.05) is 20.8 Å². The second kappa shape index (κ2) is 6.55. The Bertz CT molecular complexity index is 712. The van der Waals surface area contributed by atoms with Crippen LogP contribution < -0.4 is 10.1 Å². The average Bonchev–Trinajstić information content (AvgIpc) is 3.18. The van der Waals surface area contributed by atoms with Gasteiger partial charge in [-0.3, -0.25) is 4.79 Å². The average molecular weight is 344 g/mol. The molecular weight excluding hydrogens is 320 g/mol. The Hall–Kier alpha value is -1.88. The van der Waals surface area contributed by atoms with Gasteiger partial charge >= 0.3 is 0 Å². The Morgan fingerprint density at radius 1 is 1.29 bits per heavy atom. The van der Waals surface area contributed by atoms with Crippen LogP contribution in [0.4, 0.5) is 0 Å². The Balaban J connectivity index is 1.64. The summed E-state index contributed by atoms with van der Waals surface area (Å²) in [5, 5.41) is 6.08. The van der Waals surface area contributed by atoms with E-state index < -0.39 is 6.10 Å². The second-order valence-corrected chi connectivity index (χ2v) is 8.21. The Labute approximate surface area is 147 Å². The van der Waals surface area contributed by atoms with Gasteiger partial charge in [0.05, 0.1) is 5.69 Å². The molecule has 128 valence electrons. The molecule has 0 bridgehead atoms. The van der Waals surface area contributed by atoms with E-state index in [0.717, 1.165) is 29.1 Å². The molecule has 1 aliphatic carbocycles. The molecule has 0 spiro atoms. The van der Waals surface area contributed by atoms with Gasteiger partial charge in [-0.05, 0) is 44.0 Å². The Morgan fingerprint density at radius 2 is 1.96 bits per heavy atom. The van der Waals surface area contributed by atoms with Crippen molar-refractivity contribution in [3.8, 4) is 16.3 Å². The fourth-order valence-corrected chi connectivity index (χ4v) is 3.28. The first-order valence-electron chi connectivity index (χ1n) is 8.36. The van der Waals surface area contributed by atoms with Crippen molar-refractivity contribution in [3.05, 3.63) is 35.3 Å². The number of hydrogen-bond acceptors (Lipinski definition) is 4. The Morgan fingerprint density at radius 3 is 2.50 bits per heavy atom. The van der Waals surface area contributed by atoms with E-state index >= 15 is 0 Å². The normalized spacial score (nSPS) is 15.8. The SMILES string of the molecule is C[C@H](Oc1ccc(-c2nc(C(C)(C)C)cs2)cc1)C(=O)NC1CC1. The van der Waals surface area contributed by atoms with Gasteiger partial charge in [0, 0.05) is 22.4 Å². The maximum Gasteiger partial charge on any atom is 0.260 e. The van der Waals surface area contributed by atoms with E-state index in [2.05, 4.69) is 31.5 Å². The van der Waals surface area contributed by atoms with Gasteiger partial charge in [0.2, 0.25) is 0 Å². The zero-order chi connectivity index (χ0) is 17.3. The quantitative estimate of drug-likeness (QED) is 0.886. The highest BCUT2D eigenvalue weighted by Crippen LogP contribution is 2.30. The number of carbonyl (C=O) groups excluding carboxylic acids is 1. The third-order valence-corrected chi connectivity index (χ3v) is 4.87. The van der Waals surface area contributed by atoms with Crippen molar-refractivity contribution in [3.63, 3.8) is 0 Å². The number of rotatable bonds is 5. The van der Waals surface area contributed by atoms with Crippen LogP contribution in [0.3, 0.4) is 0 Å². The standard InChI is InChI=1S/C19H24N2O2S/c1-12(17(22)20-14-7-8-14)23-15-9-5-13(6-10-15)18-21-16(11-24-18)19(2,3)4/h5-6,9-12,14H,7-8H2,1-4H3,(H,20,22)/t12-/m0/s1. The monoisotopic (exact) mass is 344 g/mol. The smallest absolute Gasteiger partial charge is 0.260 e. The van der Waals surface area contributed by atoms with Crippen molar-refractivity contribution in [2.75, 3.05) is 0 Å². The molecule has 1 aromatic carbocycles. The number of aromatic nitrogens is 1. The molecule has 24 heavy (non-hydrogen) atoms. The molecule has 0 saturated heterocycles. The maximum absolute atomic E-state index is 11.9. The lowest BCUT2D eigenvalue weighted by Gasteiger charge is -2.15. The third kappa shape index (κ3) is 4.15. The van der Waals surface area contributed by atoms with Crippen molar-refractivity contribution in [1.29, 1.82) is 0 Å². The molecule has 4 nitrogen and oxygen atoms in total. The first-order valence-corrected chi connectivity index (χ1v) is 9.24. The number of hydrogen-bond donors (Lipinski definition) is 1. The van der Waals surface area contributed by atoms with Gasteiger partial charge in [0.15, 0.2) is 6.10 Å². The van der Waals surface area contributed by atoms with E-state index in [4.69, 9.17) is 9.72 Å². The largest absolute Gasteiger partial charge is 0.481 e. The van der Waals surface area contributed by atoms with E-state index in [1.54, 1.807) is 18.3 Å². The molecule has 0 unspecified atom stereocenters. The molecule has 5 heteroatoms. The topological polar surface area (TPSA) is 51.2 Å². The fraction of sp³-hybridized carbons (Fsp3) is 0.474. The lowest BCUT2D eigenvalue weighted by atomic mass is 9.93. The number of nitrogens with zero attached hydrogens (tertiary/aromatic N) is 1. The fourth-order valence-electron chi connectivity index (χ4n) is 2.23. The summed E-state index contributed by atoms with van der Waals surface area (Å²) in [4.78, 5) is 16.7. The van der Waals surface area contributed by atoms with Gasteiger partial charge in [-0.25, -0.2) is 4.98 Å². The lowest BCUT2D eigenvalue weighted by Crippen LogP contribution is -2.37. The van der Waals surface area contributed by atoms with Crippen molar-refractivity contribution in [1.82, 2.24) is 10.3 Å². The summed E-state index contributed by atoms with van der Waals surface area (Å²) in [5.74, 6) is 0.654. The van der Waals surface area contributed by atoms with Crippen molar-refractivity contribution in [2.24, 2.45) is 0 Å². The molecule has 0 radical (unpaired) electrons. The lowest BCUT2D eigenvalue weighted by molar-refractivity contribution is -0.127.